The number of rotatable bonds is 5. The molecule has 0 N–H and O–H groups in total. The number of thioether (sulfide) groups is 1. The predicted octanol–water partition coefficient (Wildman–Crippen LogP) is 2.43. The van der Waals surface area contributed by atoms with E-state index in [4.69, 9.17) is 9.15 Å². The number of aromatic nitrogens is 1. The fourth-order valence-electron chi connectivity index (χ4n) is 2.05. The maximum absolute atomic E-state index is 11.7. The molecule has 1 fully saturated rings. The van der Waals surface area contributed by atoms with Crippen LogP contribution in [-0.4, -0.2) is 39.9 Å². The molecule has 6 nitrogen and oxygen atoms in total. The van der Waals surface area contributed by atoms with Crippen molar-refractivity contribution in [1.29, 1.82) is 0 Å². The minimum absolute atomic E-state index is 0.0101. The first-order valence-corrected chi connectivity index (χ1v) is 7.63. The van der Waals surface area contributed by atoms with Crippen molar-refractivity contribution >= 4 is 34.1 Å². The van der Waals surface area contributed by atoms with E-state index in [1.807, 2.05) is 24.3 Å². The molecule has 1 aromatic heterocycles. The highest BCUT2D eigenvalue weighted by Crippen LogP contribution is 2.18. The van der Waals surface area contributed by atoms with Crippen LogP contribution in [0.2, 0.25) is 0 Å². The lowest BCUT2D eigenvalue weighted by atomic mass is 10.3. The maximum Gasteiger partial charge on any atom is 0.308 e. The van der Waals surface area contributed by atoms with Crippen LogP contribution in [0.15, 0.2) is 28.7 Å². The van der Waals surface area contributed by atoms with Gasteiger partial charge in [-0.2, -0.15) is 0 Å². The summed E-state index contributed by atoms with van der Waals surface area (Å²) in [4.78, 5) is 28.9. The monoisotopic (exact) mass is 306 g/mol. The van der Waals surface area contributed by atoms with Gasteiger partial charge in [0.2, 0.25) is 5.89 Å². The van der Waals surface area contributed by atoms with Gasteiger partial charge in [0.1, 0.15) is 5.52 Å². The van der Waals surface area contributed by atoms with Crippen molar-refractivity contribution < 1.29 is 18.7 Å². The van der Waals surface area contributed by atoms with Crippen molar-refractivity contribution in [3.8, 4) is 0 Å². The SMILES string of the molecule is O=C(CCN1CCSC1=O)OCc1nc2ccccc2o1. The molecule has 1 amide bonds. The zero-order valence-corrected chi connectivity index (χ0v) is 12.1. The van der Waals surface area contributed by atoms with Crippen molar-refractivity contribution in [1.82, 2.24) is 9.88 Å². The Morgan fingerprint density at radius 3 is 3.05 bits per heavy atom. The molecule has 7 heteroatoms. The highest BCUT2D eigenvalue weighted by atomic mass is 32.2. The van der Waals surface area contributed by atoms with Crippen LogP contribution in [0.1, 0.15) is 12.3 Å². The van der Waals surface area contributed by atoms with Crippen molar-refractivity contribution in [2.24, 2.45) is 0 Å². The number of benzene rings is 1. The number of hydrogen-bond donors (Lipinski definition) is 0. The summed E-state index contributed by atoms with van der Waals surface area (Å²) in [5.74, 6) is 0.802. The van der Waals surface area contributed by atoms with E-state index >= 15 is 0 Å². The Labute approximate surface area is 125 Å². The van der Waals surface area contributed by atoms with E-state index in [2.05, 4.69) is 4.98 Å². The number of carbonyl (C=O) groups excluding carboxylic acids is 2. The molecule has 0 saturated carbocycles. The van der Waals surface area contributed by atoms with Gasteiger partial charge >= 0.3 is 5.97 Å². The molecule has 0 bridgehead atoms. The van der Waals surface area contributed by atoms with Crippen molar-refractivity contribution in [3.63, 3.8) is 0 Å². The van der Waals surface area contributed by atoms with E-state index in [0.717, 1.165) is 11.3 Å². The first-order valence-electron chi connectivity index (χ1n) is 6.64. The molecular weight excluding hydrogens is 292 g/mol. The van der Waals surface area contributed by atoms with Crippen LogP contribution in [0.4, 0.5) is 4.79 Å². The Bertz CT molecular complexity index is 637. The van der Waals surface area contributed by atoms with E-state index in [1.54, 1.807) is 4.90 Å². The van der Waals surface area contributed by atoms with Gasteiger partial charge in [-0.25, -0.2) is 4.98 Å². The molecule has 2 aromatic rings. The summed E-state index contributed by atoms with van der Waals surface area (Å²) in [5.41, 5.74) is 1.41. The molecule has 3 rings (SSSR count). The zero-order chi connectivity index (χ0) is 14.7. The average molecular weight is 306 g/mol. The lowest BCUT2D eigenvalue weighted by Gasteiger charge is -2.13. The second kappa shape index (κ2) is 6.17. The van der Waals surface area contributed by atoms with Gasteiger partial charge in [0.05, 0.1) is 6.42 Å². The molecule has 0 aliphatic carbocycles. The molecule has 0 radical (unpaired) electrons. The van der Waals surface area contributed by atoms with E-state index in [1.165, 1.54) is 11.8 Å². The van der Waals surface area contributed by atoms with E-state index in [-0.39, 0.29) is 24.2 Å². The minimum Gasteiger partial charge on any atom is -0.456 e. The first-order chi connectivity index (χ1) is 10.2. The number of fused-ring (bicyclic) bond motifs is 1. The van der Waals surface area contributed by atoms with Crippen LogP contribution in [0, 0.1) is 0 Å². The normalized spacial score (nSPS) is 14.9. The molecule has 0 spiro atoms. The van der Waals surface area contributed by atoms with Gasteiger partial charge in [-0.15, -0.1) is 0 Å². The van der Waals surface area contributed by atoms with Gasteiger partial charge in [0.15, 0.2) is 12.2 Å². The molecule has 2 heterocycles. The van der Waals surface area contributed by atoms with Crippen molar-refractivity contribution in [2.75, 3.05) is 18.8 Å². The smallest absolute Gasteiger partial charge is 0.308 e. The summed E-state index contributed by atoms with van der Waals surface area (Å²) >= 11 is 1.28. The molecule has 1 aliphatic heterocycles. The Kier molecular flexibility index (Phi) is 4.10. The Hall–Kier alpha value is -2.02. The van der Waals surface area contributed by atoms with Crippen LogP contribution < -0.4 is 0 Å². The fourth-order valence-corrected chi connectivity index (χ4v) is 2.90. The molecule has 0 unspecified atom stereocenters. The van der Waals surface area contributed by atoms with Gasteiger partial charge < -0.3 is 14.1 Å². The number of carbonyl (C=O) groups is 2. The summed E-state index contributed by atoms with van der Waals surface area (Å²) in [6.07, 6.45) is 0.187. The summed E-state index contributed by atoms with van der Waals surface area (Å²) in [6, 6.07) is 7.37. The third-order valence-corrected chi connectivity index (χ3v) is 4.02. The summed E-state index contributed by atoms with van der Waals surface area (Å²) in [5, 5.41) is 0.0294. The first kappa shape index (κ1) is 13.9. The molecule has 0 atom stereocenters. The summed E-state index contributed by atoms with van der Waals surface area (Å²) < 4.78 is 10.6. The third-order valence-electron chi connectivity index (χ3n) is 3.13. The average Bonchev–Trinajstić information content (AvgIpc) is 3.08. The number of oxazole rings is 1. The van der Waals surface area contributed by atoms with Gasteiger partial charge in [-0.1, -0.05) is 23.9 Å². The Morgan fingerprint density at radius 2 is 2.29 bits per heavy atom. The van der Waals surface area contributed by atoms with Crippen LogP contribution in [0.25, 0.3) is 11.1 Å². The predicted molar refractivity (Wildman–Crippen MR) is 77.8 cm³/mol. The summed E-state index contributed by atoms with van der Waals surface area (Å²) in [7, 11) is 0. The van der Waals surface area contributed by atoms with Crippen LogP contribution in [0.5, 0.6) is 0 Å². The van der Waals surface area contributed by atoms with Gasteiger partial charge in [0.25, 0.3) is 5.24 Å². The van der Waals surface area contributed by atoms with Crippen LogP contribution in [-0.2, 0) is 16.1 Å². The van der Waals surface area contributed by atoms with E-state index in [0.29, 0.717) is 24.6 Å². The fraction of sp³-hybridized carbons (Fsp3) is 0.357. The number of hydrogen-bond acceptors (Lipinski definition) is 6. The molecule has 1 aromatic carbocycles. The summed E-state index contributed by atoms with van der Waals surface area (Å²) in [6.45, 7) is 1.11. The van der Waals surface area contributed by atoms with E-state index in [9.17, 15) is 9.59 Å². The number of para-hydroxylation sites is 2. The molecule has 110 valence electrons. The minimum atomic E-state index is -0.359. The molecule has 21 heavy (non-hydrogen) atoms. The number of esters is 1. The lowest BCUT2D eigenvalue weighted by Crippen LogP contribution is -2.26. The zero-order valence-electron chi connectivity index (χ0n) is 11.3. The van der Waals surface area contributed by atoms with E-state index < -0.39 is 0 Å². The second-order valence-electron chi connectivity index (χ2n) is 4.59. The Morgan fingerprint density at radius 1 is 1.43 bits per heavy atom. The van der Waals surface area contributed by atoms with Crippen LogP contribution in [0.3, 0.4) is 0 Å². The maximum atomic E-state index is 11.7. The van der Waals surface area contributed by atoms with Gasteiger partial charge in [0, 0.05) is 18.8 Å². The quantitative estimate of drug-likeness (QED) is 0.790. The van der Waals surface area contributed by atoms with Gasteiger partial charge in [-0.05, 0) is 12.1 Å². The lowest BCUT2D eigenvalue weighted by molar-refractivity contribution is -0.145. The highest BCUT2D eigenvalue weighted by molar-refractivity contribution is 8.13. The standard InChI is InChI=1S/C14H14N2O4S/c17-13(5-6-16-7-8-21-14(16)18)19-9-12-15-10-3-1-2-4-11(10)20-12/h1-4H,5-9H2. The Balaban J connectivity index is 1.48. The van der Waals surface area contributed by atoms with Crippen molar-refractivity contribution in [2.45, 2.75) is 13.0 Å². The third kappa shape index (κ3) is 3.36. The van der Waals surface area contributed by atoms with Crippen LogP contribution >= 0.6 is 11.8 Å². The highest BCUT2D eigenvalue weighted by Gasteiger charge is 2.21. The topological polar surface area (TPSA) is 72.6 Å². The van der Waals surface area contributed by atoms with Gasteiger partial charge in [-0.3, -0.25) is 9.59 Å². The number of ether oxygens (including phenoxy) is 1. The van der Waals surface area contributed by atoms with Crippen molar-refractivity contribution in [3.05, 3.63) is 30.2 Å². The molecular formula is C14H14N2O4S. The second-order valence-corrected chi connectivity index (χ2v) is 5.63. The molecule has 1 aliphatic rings. The number of nitrogens with zero attached hydrogens (tertiary/aromatic N) is 2. The molecule has 1 saturated heterocycles. The largest absolute Gasteiger partial charge is 0.456 e. The number of amides is 1.